The molecule has 1 heterocycles. The summed E-state index contributed by atoms with van der Waals surface area (Å²) in [4.78, 5) is 35.6. The molecule has 5 N–H and O–H groups in total. The number of hydrogen-bond acceptors (Lipinski definition) is 6. The van der Waals surface area contributed by atoms with Gasteiger partial charge in [0.05, 0.1) is 29.0 Å². The van der Waals surface area contributed by atoms with E-state index in [1.54, 1.807) is 42.5 Å². The Morgan fingerprint density at radius 1 is 0.971 bits per heavy atom. The number of carbonyl (C=O) groups is 3. The Morgan fingerprint density at radius 2 is 1.71 bits per heavy atom. The molecule has 0 fully saturated rings. The van der Waals surface area contributed by atoms with Gasteiger partial charge in [0.2, 0.25) is 21.8 Å². The molecule has 0 aliphatic heterocycles. The van der Waals surface area contributed by atoms with Gasteiger partial charge in [0.25, 0.3) is 5.91 Å². The lowest BCUT2D eigenvalue weighted by atomic mass is 10.1. The predicted molar refractivity (Wildman–Crippen MR) is 129 cm³/mol. The lowest BCUT2D eigenvalue weighted by Gasteiger charge is -2.10. The zero-order valence-corrected chi connectivity index (χ0v) is 19.4. The van der Waals surface area contributed by atoms with Crippen LogP contribution >= 0.6 is 0 Å². The maximum atomic E-state index is 12.4. The molecule has 0 bridgehead atoms. The number of carbonyl (C=O) groups excluding carboxylic acids is 3. The monoisotopic (exact) mass is 496 g/mol. The third-order valence-electron chi connectivity index (χ3n) is 4.72. The molecule has 0 saturated heterocycles. The molecule has 1 aromatic heterocycles. The molecule has 0 spiro atoms. The van der Waals surface area contributed by atoms with E-state index in [-0.39, 0.29) is 30.0 Å². The summed E-state index contributed by atoms with van der Waals surface area (Å²) in [5.74, 6) is -0.987. The smallest absolute Gasteiger partial charge is 0.253 e. The van der Waals surface area contributed by atoms with Gasteiger partial charge < -0.3 is 20.8 Å². The largest absolute Gasteiger partial charge is 0.468 e. The van der Waals surface area contributed by atoms with Gasteiger partial charge in [-0.3, -0.25) is 14.4 Å². The second-order valence-electron chi connectivity index (χ2n) is 7.31. The number of nitrogens with two attached hydrogens (primary N) is 1. The highest BCUT2D eigenvalue weighted by Gasteiger charge is 2.14. The lowest BCUT2D eigenvalue weighted by molar-refractivity contribution is -0.118. The zero-order chi connectivity index (χ0) is 25.3. The number of anilines is 1. The Balaban J connectivity index is 1.59. The third kappa shape index (κ3) is 7.66. The summed E-state index contributed by atoms with van der Waals surface area (Å²) >= 11 is 0. The Labute approximate surface area is 202 Å². The van der Waals surface area contributed by atoms with Crippen LogP contribution in [0.3, 0.4) is 0 Å². The van der Waals surface area contributed by atoms with E-state index in [1.165, 1.54) is 36.6 Å². The fraction of sp³-hybridized carbons (Fsp3) is 0.125. The minimum absolute atomic E-state index is 0.00311. The van der Waals surface area contributed by atoms with Crippen molar-refractivity contribution >= 4 is 39.5 Å². The summed E-state index contributed by atoms with van der Waals surface area (Å²) in [6.45, 7) is 0.113. The minimum Gasteiger partial charge on any atom is -0.468 e. The van der Waals surface area contributed by atoms with E-state index in [0.717, 1.165) is 0 Å². The Bertz CT molecular complexity index is 1320. The van der Waals surface area contributed by atoms with E-state index >= 15 is 0 Å². The number of sulfonamides is 1. The molecule has 3 aromatic rings. The van der Waals surface area contributed by atoms with Crippen LogP contribution in [0.25, 0.3) is 6.08 Å². The van der Waals surface area contributed by atoms with Crippen LogP contribution in [0.1, 0.15) is 28.1 Å². The maximum absolute atomic E-state index is 12.4. The number of benzene rings is 2. The van der Waals surface area contributed by atoms with Gasteiger partial charge in [-0.1, -0.05) is 24.3 Å². The van der Waals surface area contributed by atoms with Gasteiger partial charge in [-0.05, 0) is 48.0 Å². The molecule has 35 heavy (non-hydrogen) atoms. The third-order valence-corrected chi connectivity index (χ3v) is 6.14. The average molecular weight is 497 g/mol. The van der Waals surface area contributed by atoms with Crippen LogP contribution in [0.5, 0.6) is 0 Å². The fourth-order valence-corrected chi connectivity index (χ4v) is 3.94. The molecule has 0 saturated carbocycles. The molecule has 11 heteroatoms. The molecular weight excluding hydrogens is 472 g/mol. The van der Waals surface area contributed by atoms with Crippen molar-refractivity contribution in [1.29, 1.82) is 0 Å². The number of para-hydroxylation sites is 1. The van der Waals surface area contributed by atoms with Crippen molar-refractivity contribution in [3.63, 3.8) is 0 Å². The molecular formula is C24H24N4O6S. The van der Waals surface area contributed by atoms with Gasteiger partial charge in [0, 0.05) is 19.0 Å². The van der Waals surface area contributed by atoms with Gasteiger partial charge >= 0.3 is 0 Å². The topological polar surface area (TPSA) is 161 Å². The second kappa shape index (κ2) is 11.8. The van der Waals surface area contributed by atoms with Crippen molar-refractivity contribution in [2.24, 2.45) is 5.73 Å². The van der Waals surface area contributed by atoms with Gasteiger partial charge in [-0.15, -0.1) is 0 Å². The highest BCUT2D eigenvalue weighted by molar-refractivity contribution is 7.89. The van der Waals surface area contributed by atoms with E-state index in [9.17, 15) is 22.8 Å². The fourth-order valence-electron chi connectivity index (χ4n) is 2.95. The van der Waals surface area contributed by atoms with Crippen molar-refractivity contribution < 1.29 is 27.2 Å². The van der Waals surface area contributed by atoms with Crippen LogP contribution in [0, 0.1) is 0 Å². The molecule has 3 rings (SSSR count). The number of rotatable bonds is 11. The van der Waals surface area contributed by atoms with Gasteiger partial charge in [-0.25, -0.2) is 13.1 Å². The van der Waals surface area contributed by atoms with Crippen LogP contribution in [0.15, 0.2) is 82.3 Å². The second-order valence-corrected chi connectivity index (χ2v) is 9.08. The highest BCUT2D eigenvalue weighted by atomic mass is 32.2. The first kappa shape index (κ1) is 25.4. The van der Waals surface area contributed by atoms with Crippen molar-refractivity contribution in [1.82, 2.24) is 10.0 Å². The first-order chi connectivity index (χ1) is 16.7. The van der Waals surface area contributed by atoms with Crippen LogP contribution in [0.4, 0.5) is 5.69 Å². The molecule has 0 radical (unpaired) electrons. The molecule has 182 valence electrons. The minimum atomic E-state index is -3.73. The van der Waals surface area contributed by atoms with Crippen molar-refractivity contribution in [2.75, 3.05) is 11.9 Å². The summed E-state index contributed by atoms with van der Waals surface area (Å²) in [5.41, 5.74) is 6.19. The van der Waals surface area contributed by atoms with Gasteiger partial charge in [0.1, 0.15) is 5.76 Å². The normalized spacial score (nSPS) is 11.3. The highest BCUT2D eigenvalue weighted by Crippen LogP contribution is 2.16. The molecule has 0 unspecified atom stereocenters. The Hall–Kier alpha value is -4.22. The van der Waals surface area contributed by atoms with Crippen LogP contribution in [-0.4, -0.2) is 32.7 Å². The predicted octanol–water partition coefficient (Wildman–Crippen LogP) is 2.02. The summed E-state index contributed by atoms with van der Waals surface area (Å²) in [7, 11) is -3.73. The Kier molecular flexibility index (Phi) is 8.54. The quantitative estimate of drug-likeness (QED) is 0.297. The van der Waals surface area contributed by atoms with Crippen molar-refractivity contribution in [3.05, 3.63) is 89.9 Å². The molecule has 2 aromatic carbocycles. The molecule has 0 atom stereocenters. The van der Waals surface area contributed by atoms with E-state index in [0.29, 0.717) is 17.0 Å². The molecule has 10 nitrogen and oxygen atoms in total. The van der Waals surface area contributed by atoms with Gasteiger partial charge in [0.15, 0.2) is 0 Å². The number of primary amides is 1. The first-order valence-electron chi connectivity index (χ1n) is 10.5. The number of nitrogens with one attached hydrogen (secondary N) is 3. The van der Waals surface area contributed by atoms with Gasteiger partial charge in [-0.2, -0.15) is 0 Å². The maximum Gasteiger partial charge on any atom is 0.253 e. The molecule has 0 aliphatic carbocycles. The molecule has 3 amide bonds. The van der Waals surface area contributed by atoms with Crippen LogP contribution < -0.4 is 21.1 Å². The summed E-state index contributed by atoms with van der Waals surface area (Å²) in [5, 5.41) is 5.20. The number of furan rings is 1. The van der Waals surface area contributed by atoms with E-state index < -0.39 is 27.7 Å². The zero-order valence-electron chi connectivity index (χ0n) is 18.6. The number of hydrogen-bond donors (Lipinski definition) is 4. The van der Waals surface area contributed by atoms with Crippen molar-refractivity contribution in [3.8, 4) is 0 Å². The van der Waals surface area contributed by atoms with E-state index in [1.807, 2.05) is 0 Å². The summed E-state index contributed by atoms with van der Waals surface area (Å²) < 4.78 is 32.4. The lowest BCUT2D eigenvalue weighted by Crippen LogP contribution is -2.28. The van der Waals surface area contributed by atoms with E-state index in [4.69, 9.17) is 10.2 Å². The van der Waals surface area contributed by atoms with E-state index in [2.05, 4.69) is 15.4 Å². The standard InChI is InChI=1S/C24H24N4O6S/c25-22(29)13-14-26-24(31)20-5-1-2-6-21(20)28-23(30)12-9-17-7-10-19(11-8-17)35(32,33)27-16-18-4-3-15-34-18/h1-12,15,27H,13-14,16H2,(H2,25,29)(H,26,31)(H,28,30)/b12-9+. The number of amides is 3. The summed E-state index contributed by atoms with van der Waals surface area (Å²) in [6.07, 6.45) is 4.24. The van der Waals surface area contributed by atoms with Crippen LogP contribution in [-0.2, 0) is 26.2 Å². The van der Waals surface area contributed by atoms with Crippen molar-refractivity contribution in [2.45, 2.75) is 17.9 Å². The Morgan fingerprint density at radius 3 is 2.40 bits per heavy atom. The SMILES string of the molecule is NC(=O)CCNC(=O)c1ccccc1NC(=O)/C=C/c1ccc(S(=O)(=O)NCc2ccco2)cc1. The molecule has 0 aliphatic rings. The first-order valence-corrected chi connectivity index (χ1v) is 12.0. The summed E-state index contributed by atoms with van der Waals surface area (Å²) in [6, 6.07) is 15.7. The van der Waals surface area contributed by atoms with Crippen LogP contribution in [0.2, 0.25) is 0 Å². The average Bonchev–Trinajstić information content (AvgIpc) is 3.36.